The van der Waals surface area contributed by atoms with E-state index >= 15 is 0 Å². The van der Waals surface area contributed by atoms with E-state index in [0.717, 1.165) is 23.4 Å². The Kier molecular flexibility index (Phi) is 4.10. The molecule has 150 valence electrons. The van der Waals surface area contributed by atoms with Gasteiger partial charge in [0.25, 0.3) is 0 Å². The third-order valence-electron chi connectivity index (χ3n) is 6.24. The first-order chi connectivity index (χ1) is 14.0. The highest BCUT2D eigenvalue weighted by molar-refractivity contribution is 5.80. The third kappa shape index (κ3) is 2.80. The minimum atomic E-state index is -0.766. The fourth-order valence-corrected chi connectivity index (χ4v) is 4.65. The maximum atomic E-state index is 11.9. The van der Waals surface area contributed by atoms with Crippen LogP contribution in [0.5, 0.6) is 5.75 Å². The molecule has 6 rings (SSSR count). The van der Waals surface area contributed by atoms with Crippen molar-refractivity contribution in [2.45, 2.75) is 31.8 Å². The van der Waals surface area contributed by atoms with Gasteiger partial charge in [-0.15, -0.1) is 5.10 Å². The number of rotatable bonds is 6. The van der Waals surface area contributed by atoms with Crippen molar-refractivity contribution in [3.63, 3.8) is 0 Å². The third-order valence-corrected chi connectivity index (χ3v) is 6.24. The van der Waals surface area contributed by atoms with Crippen molar-refractivity contribution >= 4 is 11.6 Å². The number of primary amides is 1. The molecule has 0 radical (unpaired) electrons. The van der Waals surface area contributed by atoms with Crippen LogP contribution in [0.2, 0.25) is 0 Å². The van der Waals surface area contributed by atoms with Crippen molar-refractivity contribution in [1.29, 1.82) is 0 Å². The lowest BCUT2D eigenvalue weighted by Gasteiger charge is -2.40. The number of carbonyl (C=O) groups excluding carboxylic acids is 1. The normalized spacial score (nSPS) is 26.3. The van der Waals surface area contributed by atoms with Gasteiger partial charge in [-0.1, -0.05) is 37.3 Å². The van der Waals surface area contributed by atoms with Crippen molar-refractivity contribution in [3.05, 3.63) is 59.5 Å². The van der Waals surface area contributed by atoms with Gasteiger partial charge in [0.2, 0.25) is 5.91 Å². The van der Waals surface area contributed by atoms with Crippen LogP contribution in [0.4, 0.5) is 0 Å². The summed E-state index contributed by atoms with van der Waals surface area (Å²) in [6, 6.07) is 12.3. The summed E-state index contributed by atoms with van der Waals surface area (Å²) in [6.07, 6.45) is 2.58. The number of ether oxygens (including phenoxy) is 2. The molecule has 3 unspecified atom stereocenters. The summed E-state index contributed by atoms with van der Waals surface area (Å²) in [7, 11) is 0. The second-order valence-electron chi connectivity index (χ2n) is 8.23. The number of aryl methyl sites for hydroxylation is 1. The van der Waals surface area contributed by atoms with Crippen LogP contribution < -0.4 is 10.5 Å². The smallest absolute Gasteiger partial charge is 0.224 e. The summed E-state index contributed by atoms with van der Waals surface area (Å²) in [6.45, 7) is 5.22. The van der Waals surface area contributed by atoms with E-state index in [9.17, 15) is 4.79 Å². The highest BCUT2D eigenvalue weighted by Gasteiger charge is 2.66. The van der Waals surface area contributed by atoms with Crippen LogP contribution in [0.3, 0.4) is 0 Å². The summed E-state index contributed by atoms with van der Waals surface area (Å²) in [5.74, 6) is 1.03. The second kappa shape index (κ2) is 6.56. The summed E-state index contributed by atoms with van der Waals surface area (Å²) in [4.78, 5) is 16.6. The lowest BCUT2D eigenvalue weighted by Crippen LogP contribution is -2.52. The van der Waals surface area contributed by atoms with Gasteiger partial charge in [-0.05, 0) is 30.5 Å². The van der Waals surface area contributed by atoms with E-state index in [1.165, 1.54) is 5.56 Å². The Hall–Kier alpha value is -2.93. The molecule has 1 amide bonds. The lowest BCUT2D eigenvalue weighted by molar-refractivity contribution is -0.139. The maximum absolute atomic E-state index is 11.9. The first kappa shape index (κ1) is 18.1. The molecule has 3 aliphatic rings. The number of aromatic nitrogens is 3. The fourth-order valence-electron chi connectivity index (χ4n) is 4.65. The number of nitrogens with zero attached hydrogens (tertiary/aromatic N) is 3. The van der Waals surface area contributed by atoms with Crippen LogP contribution in [-0.2, 0) is 15.1 Å². The predicted octanol–water partition coefficient (Wildman–Crippen LogP) is 2.57. The van der Waals surface area contributed by atoms with Crippen molar-refractivity contribution in [3.8, 4) is 5.75 Å². The average Bonchev–Trinajstić information content (AvgIpc) is 3.39. The molecule has 2 N–H and O–H groups in total. The summed E-state index contributed by atoms with van der Waals surface area (Å²) in [5.41, 5.74) is 7.77. The van der Waals surface area contributed by atoms with Gasteiger partial charge in [0.15, 0.2) is 11.5 Å². The molecule has 7 nitrogen and oxygen atoms in total. The molecule has 1 saturated carbocycles. The summed E-state index contributed by atoms with van der Waals surface area (Å²) >= 11 is 0. The Morgan fingerprint density at radius 2 is 2.21 bits per heavy atom. The Labute approximate surface area is 168 Å². The molecule has 3 fully saturated rings. The zero-order chi connectivity index (χ0) is 20.2. The number of nitrogens with two attached hydrogens (primary N) is 1. The number of carbonyl (C=O) groups is 1. The van der Waals surface area contributed by atoms with Crippen LogP contribution in [0.15, 0.2) is 42.6 Å². The molecule has 4 heterocycles. The van der Waals surface area contributed by atoms with Crippen LogP contribution >= 0.6 is 0 Å². The fraction of sp³-hybridized carbons (Fsp3) is 0.409. The Balaban J connectivity index is 1.40. The van der Waals surface area contributed by atoms with E-state index in [1.807, 2.05) is 37.4 Å². The number of amides is 1. The molecule has 0 spiro atoms. The number of fused-ring (bicyclic) bond motifs is 2. The Morgan fingerprint density at radius 1 is 1.41 bits per heavy atom. The zero-order valence-electron chi connectivity index (χ0n) is 16.5. The van der Waals surface area contributed by atoms with E-state index in [1.54, 1.807) is 4.52 Å². The Bertz CT molecular complexity index is 1080. The van der Waals surface area contributed by atoms with E-state index < -0.39 is 5.60 Å². The van der Waals surface area contributed by atoms with Gasteiger partial charge in [0.1, 0.15) is 11.4 Å². The zero-order valence-corrected chi connectivity index (χ0v) is 16.5. The van der Waals surface area contributed by atoms with Crippen molar-refractivity contribution < 1.29 is 14.3 Å². The quantitative estimate of drug-likeness (QED) is 0.696. The van der Waals surface area contributed by atoms with E-state index in [-0.39, 0.29) is 23.7 Å². The van der Waals surface area contributed by atoms with Gasteiger partial charge in [-0.3, -0.25) is 4.79 Å². The maximum Gasteiger partial charge on any atom is 0.224 e. The summed E-state index contributed by atoms with van der Waals surface area (Å²) < 4.78 is 13.7. The monoisotopic (exact) mass is 392 g/mol. The number of pyridine rings is 1. The van der Waals surface area contributed by atoms with Gasteiger partial charge in [0.05, 0.1) is 25.3 Å². The minimum Gasteiger partial charge on any atom is -0.491 e. The van der Waals surface area contributed by atoms with Gasteiger partial charge in [-0.2, -0.15) is 0 Å². The van der Waals surface area contributed by atoms with Crippen molar-refractivity contribution in [2.24, 2.45) is 17.6 Å². The average molecular weight is 392 g/mol. The topological polar surface area (TPSA) is 91.7 Å². The molecular formula is C22H24N4O3. The molecule has 3 aromatic rings. The van der Waals surface area contributed by atoms with Crippen LogP contribution in [-0.4, -0.2) is 33.7 Å². The molecule has 4 atom stereocenters. The van der Waals surface area contributed by atoms with Crippen LogP contribution in [0, 0.1) is 18.8 Å². The lowest BCUT2D eigenvalue weighted by atomic mass is 9.63. The molecular weight excluding hydrogens is 368 g/mol. The van der Waals surface area contributed by atoms with Crippen molar-refractivity contribution in [2.75, 3.05) is 13.2 Å². The second-order valence-corrected chi connectivity index (χ2v) is 8.23. The molecule has 2 bridgehead atoms. The molecule has 1 aromatic carbocycles. The molecule has 2 aromatic heterocycles. The van der Waals surface area contributed by atoms with Gasteiger partial charge < -0.3 is 15.2 Å². The minimum absolute atomic E-state index is 0.179. The van der Waals surface area contributed by atoms with E-state index in [2.05, 4.69) is 29.1 Å². The van der Waals surface area contributed by atoms with E-state index in [4.69, 9.17) is 15.2 Å². The molecule has 2 saturated heterocycles. The first-order valence-corrected chi connectivity index (χ1v) is 9.96. The van der Waals surface area contributed by atoms with E-state index in [0.29, 0.717) is 19.0 Å². The van der Waals surface area contributed by atoms with Crippen LogP contribution in [0.25, 0.3) is 5.65 Å². The first-order valence-electron chi connectivity index (χ1n) is 9.96. The molecule has 1 aliphatic carbocycles. The van der Waals surface area contributed by atoms with Gasteiger partial charge >= 0.3 is 0 Å². The SMILES string of the molecule is Cc1cc(OC[C@H](C)c2ccccc2)cn2nc(C34CC(CO3)C4C(N)=O)nc12. The highest BCUT2D eigenvalue weighted by atomic mass is 16.5. The predicted molar refractivity (Wildman–Crippen MR) is 106 cm³/mol. The molecule has 7 heteroatoms. The molecule has 29 heavy (non-hydrogen) atoms. The number of benzene rings is 1. The van der Waals surface area contributed by atoms with Gasteiger partial charge in [0, 0.05) is 11.8 Å². The number of hydrogen-bond donors (Lipinski definition) is 1. The Morgan fingerprint density at radius 3 is 2.93 bits per heavy atom. The standard InChI is InChI=1S/C22H24N4O3/c1-13-8-17(28-11-14(2)15-6-4-3-5-7-15)10-26-20(13)24-21(25-26)22-9-16(12-29-22)18(22)19(23)27/h3-8,10,14,16,18H,9,11-12H2,1-2H3,(H2,23,27)/t14-,16?,18?,22?/m0/s1. The van der Waals surface area contributed by atoms with Gasteiger partial charge in [-0.25, -0.2) is 9.50 Å². The van der Waals surface area contributed by atoms with Crippen molar-refractivity contribution in [1.82, 2.24) is 14.6 Å². The molecule has 2 aliphatic heterocycles. The highest BCUT2D eigenvalue weighted by Crippen LogP contribution is 2.58. The summed E-state index contributed by atoms with van der Waals surface area (Å²) in [5, 5.41) is 4.64. The number of hydrogen-bond acceptors (Lipinski definition) is 5. The largest absolute Gasteiger partial charge is 0.491 e. The van der Waals surface area contributed by atoms with Crippen LogP contribution in [0.1, 0.15) is 36.2 Å².